The molecule has 0 aliphatic carbocycles. The van der Waals surface area contributed by atoms with Gasteiger partial charge in [0.2, 0.25) is 5.91 Å². The molecule has 3 rings (SSSR count). The van der Waals surface area contributed by atoms with Crippen molar-refractivity contribution in [1.82, 2.24) is 15.5 Å². The van der Waals surface area contributed by atoms with E-state index in [2.05, 4.69) is 22.8 Å². The largest absolute Gasteiger partial charge is 0.493 e. The molecule has 1 fully saturated rings. The summed E-state index contributed by atoms with van der Waals surface area (Å²) >= 11 is 0. The Hall–Kier alpha value is -3.22. The first-order chi connectivity index (χ1) is 14.6. The third kappa shape index (κ3) is 5.89. The van der Waals surface area contributed by atoms with Crippen LogP contribution < -0.4 is 20.1 Å². The second-order valence-corrected chi connectivity index (χ2v) is 7.40. The molecule has 1 saturated heterocycles. The van der Waals surface area contributed by atoms with Crippen LogP contribution in [0.3, 0.4) is 0 Å². The van der Waals surface area contributed by atoms with E-state index >= 15 is 0 Å². The van der Waals surface area contributed by atoms with Gasteiger partial charge in [0.15, 0.2) is 11.5 Å². The Bertz CT molecular complexity index is 857. The number of urea groups is 1. The van der Waals surface area contributed by atoms with Gasteiger partial charge in [0.05, 0.1) is 14.2 Å². The van der Waals surface area contributed by atoms with E-state index < -0.39 is 0 Å². The number of amides is 3. The van der Waals surface area contributed by atoms with E-state index in [1.165, 1.54) is 5.56 Å². The van der Waals surface area contributed by atoms with E-state index in [1.807, 2.05) is 41.3 Å². The molecule has 2 N–H and O–H groups in total. The maximum absolute atomic E-state index is 12.2. The van der Waals surface area contributed by atoms with Crippen LogP contribution in [0.15, 0.2) is 48.5 Å². The topological polar surface area (TPSA) is 79.9 Å². The van der Waals surface area contributed by atoms with Gasteiger partial charge in [-0.1, -0.05) is 36.4 Å². The predicted octanol–water partition coefficient (Wildman–Crippen LogP) is 2.59. The molecular weight excluding hydrogens is 382 g/mol. The van der Waals surface area contributed by atoms with E-state index in [4.69, 9.17) is 9.47 Å². The highest BCUT2D eigenvalue weighted by molar-refractivity contribution is 5.79. The minimum atomic E-state index is -0.250. The number of methoxy groups -OCH3 is 2. The predicted molar refractivity (Wildman–Crippen MR) is 115 cm³/mol. The molecule has 1 aliphatic heterocycles. The quantitative estimate of drug-likeness (QED) is 0.665. The molecule has 2 aromatic carbocycles. The van der Waals surface area contributed by atoms with Crippen molar-refractivity contribution in [2.45, 2.75) is 19.4 Å². The number of nitrogens with zero attached hydrogens (tertiary/aromatic N) is 1. The van der Waals surface area contributed by atoms with Gasteiger partial charge < -0.3 is 25.0 Å². The Kier molecular flexibility index (Phi) is 7.54. The molecule has 30 heavy (non-hydrogen) atoms. The number of nitrogens with one attached hydrogen (secondary N) is 2. The normalized spacial score (nSPS) is 15.7. The van der Waals surface area contributed by atoms with Gasteiger partial charge in [-0.05, 0) is 29.7 Å². The highest BCUT2D eigenvalue weighted by atomic mass is 16.5. The van der Waals surface area contributed by atoms with Crippen LogP contribution in [-0.4, -0.2) is 50.7 Å². The summed E-state index contributed by atoms with van der Waals surface area (Å²) < 4.78 is 10.5. The number of ether oxygens (including phenoxy) is 2. The fourth-order valence-electron chi connectivity index (χ4n) is 3.59. The molecule has 0 saturated carbocycles. The average Bonchev–Trinajstić information content (AvgIpc) is 3.14. The van der Waals surface area contributed by atoms with E-state index in [-0.39, 0.29) is 17.9 Å². The van der Waals surface area contributed by atoms with Crippen LogP contribution in [0.2, 0.25) is 0 Å². The number of carbonyl (C=O) groups excluding carboxylic acids is 2. The second kappa shape index (κ2) is 10.5. The third-order valence-corrected chi connectivity index (χ3v) is 5.26. The number of likely N-dealkylation sites (tertiary alicyclic amines) is 1. The van der Waals surface area contributed by atoms with Gasteiger partial charge in [0, 0.05) is 38.5 Å². The molecule has 1 heterocycles. The fraction of sp³-hybridized carbons (Fsp3) is 0.391. The lowest BCUT2D eigenvalue weighted by molar-refractivity contribution is -0.127. The van der Waals surface area contributed by atoms with Crippen LogP contribution in [0, 0.1) is 5.92 Å². The molecular formula is C23H29N3O4. The molecule has 1 unspecified atom stereocenters. The van der Waals surface area contributed by atoms with Crippen LogP contribution in [-0.2, 0) is 17.8 Å². The Morgan fingerprint density at radius 2 is 1.80 bits per heavy atom. The number of benzene rings is 2. The van der Waals surface area contributed by atoms with E-state index in [9.17, 15) is 9.59 Å². The maximum Gasteiger partial charge on any atom is 0.315 e. The summed E-state index contributed by atoms with van der Waals surface area (Å²) in [6, 6.07) is 15.4. The summed E-state index contributed by atoms with van der Waals surface area (Å²) in [5.74, 6) is 1.56. The van der Waals surface area contributed by atoms with Crippen LogP contribution in [0.25, 0.3) is 0 Å². The first kappa shape index (κ1) is 21.5. The summed E-state index contributed by atoms with van der Waals surface area (Å²) in [4.78, 5) is 26.3. The summed E-state index contributed by atoms with van der Waals surface area (Å²) in [6.07, 6.45) is 1.32. The van der Waals surface area contributed by atoms with Crippen LogP contribution in [0.1, 0.15) is 17.5 Å². The van der Waals surface area contributed by atoms with E-state index in [1.54, 1.807) is 14.2 Å². The van der Waals surface area contributed by atoms with Gasteiger partial charge in [-0.25, -0.2) is 4.79 Å². The van der Waals surface area contributed by atoms with Gasteiger partial charge in [0.25, 0.3) is 0 Å². The molecule has 0 spiro atoms. The number of hydrogen-bond acceptors (Lipinski definition) is 4. The van der Waals surface area contributed by atoms with Gasteiger partial charge in [-0.15, -0.1) is 0 Å². The Balaban J connectivity index is 1.39. The van der Waals surface area contributed by atoms with Crippen LogP contribution >= 0.6 is 0 Å². The SMILES string of the molecule is COc1ccc(CNC(=O)NCC2CC(=O)N(CCc3ccccc3)C2)cc1OC. The van der Waals surface area contributed by atoms with Crippen LogP contribution in [0.4, 0.5) is 4.79 Å². The molecule has 1 aliphatic rings. The first-order valence-electron chi connectivity index (χ1n) is 10.1. The van der Waals surface area contributed by atoms with Crippen molar-refractivity contribution in [3.8, 4) is 11.5 Å². The molecule has 7 heteroatoms. The Morgan fingerprint density at radius 1 is 1.03 bits per heavy atom. The third-order valence-electron chi connectivity index (χ3n) is 5.26. The van der Waals surface area contributed by atoms with Crippen molar-refractivity contribution >= 4 is 11.9 Å². The lowest BCUT2D eigenvalue weighted by Crippen LogP contribution is -2.38. The Labute approximate surface area is 177 Å². The van der Waals surface area contributed by atoms with Gasteiger partial charge >= 0.3 is 6.03 Å². The fourth-order valence-corrected chi connectivity index (χ4v) is 3.59. The summed E-state index contributed by atoms with van der Waals surface area (Å²) in [7, 11) is 3.16. The number of hydrogen-bond donors (Lipinski definition) is 2. The van der Waals surface area contributed by atoms with Gasteiger partial charge in [-0.3, -0.25) is 4.79 Å². The molecule has 0 aromatic heterocycles. The molecule has 2 aromatic rings. The zero-order valence-electron chi connectivity index (χ0n) is 17.5. The van der Waals surface area contributed by atoms with E-state index in [0.29, 0.717) is 44.1 Å². The second-order valence-electron chi connectivity index (χ2n) is 7.40. The number of rotatable bonds is 9. The molecule has 0 radical (unpaired) electrons. The monoisotopic (exact) mass is 411 g/mol. The van der Waals surface area contributed by atoms with Crippen molar-refractivity contribution in [2.75, 3.05) is 33.9 Å². The van der Waals surface area contributed by atoms with Gasteiger partial charge in [-0.2, -0.15) is 0 Å². The molecule has 3 amide bonds. The van der Waals surface area contributed by atoms with Crippen molar-refractivity contribution < 1.29 is 19.1 Å². The standard InChI is InChI=1S/C23H29N3O4/c1-29-20-9-8-18(12-21(20)30-2)14-24-23(28)25-15-19-13-22(27)26(16-19)11-10-17-6-4-3-5-7-17/h3-9,12,19H,10-11,13-16H2,1-2H3,(H2,24,25,28). The number of carbonyl (C=O) groups is 2. The smallest absolute Gasteiger partial charge is 0.315 e. The van der Waals surface area contributed by atoms with E-state index in [0.717, 1.165) is 12.0 Å². The molecule has 160 valence electrons. The minimum absolute atomic E-state index is 0.139. The highest BCUT2D eigenvalue weighted by Gasteiger charge is 2.29. The highest BCUT2D eigenvalue weighted by Crippen LogP contribution is 2.27. The summed E-state index contributed by atoms with van der Waals surface area (Å²) in [6.45, 7) is 2.25. The lowest BCUT2D eigenvalue weighted by atomic mass is 10.1. The Morgan fingerprint density at radius 3 is 2.53 bits per heavy atom. The lowest BCUT2D eigenvalue weighted by Gasteiger charge is -2.17. The van der Waals surface area contributed by atoms with Crippen molar-refractivity contribution in [2.24, 2.45) is 5.92 Å². The molecule has 1 atom stereocenters. The van der Waals surface area contributed by atoms with Crippen molar-refractivity contribution in [1.29, 1.82) is 0 Å². The van der Waals surface area contributed by atoms with Crippen molar-refractivity contribution in [3.05, 3.63) is 59.7 Å². The molecule has 0 bridgehead atoms. The average molecular weight is 412 g/mol. The minimum Gasteiger partial charge on any atom is -0.493 e. The van der Waals surface area contributed by atoms with Gasteiger partial charge in [0.1, 0.15) is 0 Å². The summed E-state index contributed by atoms with van der Waals surface area (Å²) in [5.41, 5.74) is 2.13. The first-order valence-corrected chi connectivity index (χ1v) is 10.1. The van der Waals surface area contributed by atoms with Crippen LogP contribution in [0.5, 0.6) is 11.5 Å². The molecule has 7 nitrogen and oxygen atoms in total. The summed E-state index contributed by atoms with van der Waals surface area (Å²) in [5, 5.41) is 5.71. The van der Waals surface area contributed by atoms with Crippen molar-refractivity contribution in [3.63, 3.8) is 0 Å². The maximum atomic E-state index is 12.2. The zero-order valence-corrected chi connectivity index (χ0v) is 17.5. The zero-order chi connectivity index (χ0) is 21.3.